The molecule has 1 fully saturated rings. The Morgan fingerprint density at radius 3 is 2.03 bits per heavy atom. The van der Waals surface area contributed by atoms with E-state index in [2.05, 4.69) is 42.1 Å². The number of hydrogen-bond acceptors (Lipinski definition) is 8. The largest absolute Gasteiger partial charge is 0.490 e. The number of pyridine rings is 2. The van der Waals surface area contributed by atoms with Gasteiger partial charge in [0.15, 0.2) is 5.82 Å². The molecule has 9 nitrogen and oxygen atoms in total. The van der Waals surface area contributed by atoms with Crippen LogP contribution in [0.4, 0.5) is 24.7 Å². The topological polar surface area (TPSA) is 108 Å². The first-order valence-corrected chi connectivity index (χ1v) is 11.2. The minimum atomic E-state index is -5.08. The summed E-state index contributed by atoms with van der Waals surface area (Å²) in [6.45, 7) is 3.51. The SMILES string of the molecule is O=C(O)C(F)(F)F.c1ccc(-c2nnc(-c3ccccn3)nc2N2CCN(c3ccncc3)CC2)cc1. The van der Waals surface area contributed by atoms with Gasteiger partial charge in [0.25, 0.3) is 0 Å². The maximum absolute atomic E-state index is 10.6. The van der Waals surface area contributed by atoms with Gasteiger partial charge in [-0.3, -0.25) is 9.97 Å². The van der Waals surface area contributed by atoms with E-state index in [-0.39, 0.29) is 0 Å². The van der Waals surface area contributed by atoms with Crippen molar-refractivity contribution in [3.63, 3.8) is 0 Å². The molecule has 1 N–H and O–H groups in total. The van der Waals surface area contributed by atoms with Gasteiger partial charge in [0.1, 0.15) is 11.4 Å². The molecular formula is C25H22F3N7O2. The summed E-state index contributed by atoms with van der Waals surface area (Å²) in [6.07, 6.45) is 0.336. The molecule has 0 saturated carbocycles. The van der Waals surface area contributed by atoms with E-state index in [9.17, 15) is 13.2 Å². The summed E-state index contributed by atoms with van der Waals surface area (Å²) < 4.78 is 31.7. The Hall–Kier alpha value is -4.61. The molecule has 0 unspecified atom stereocenters. The van der Waals surface area contributed by atoms with Crippen molar-refractivity contribution in [3.8, 4) is 22.8 Å². The highest BCUT2D eigenvalue weighted by atomic mass is 19.4. The van der Waals surface area contributed by atoms with E-state index in [1.807, 2.05) is 60.9 Å². The number of carboxylic acid groups (broad SMARTS) is 1. The summed E-state index contributed by atoms with van der Waals surface area (Å²) in [5, 5.41) is 16.1. The first kappa shape index (κ1) is 25.5. The van der Waals surface area contributed by atoms with Crippen LogP contribution in [0.15, 0.2) is 79.3 Å². The maximum atomic E-state index is 10.6. The van der Waals surface area contributed by atoms with Crippen LogP contribution in [0.1, 0.15) is 0 Å². The lowest BCUT2D eigenvalue weighted by Crippen LogP contribution is -2.47. The molecule has 0 radical (unpaired) electrons. The van der Waals surface area contributed by atoms with Crippen molar-refractivity contribution >= 4 is 17.5 Å². The number of nitrogens with zero attached hydrogens (tertiary/aromatic N) is 7. The molecule has 0 spiro atoms. The number of halogens is 3. The van der Waals surface area contributed by atoms with Gasteiger partial charge in [-0.15, -0.1) is 10.2 Å². The van der Waals surface area contributed by atoms with E-state index in [1.165, 1.54) is 5.69 Å². The lowest BCUT2D eigenvalue weighted by atomic mass is 10.1. The highest BCUT2D eigenvalue weighted by Crippen LogP contribution is 2.29. The molecule has 5 rings (SSSR count). The molecule has 0 bridgehead atoms. The van der Waals surface area contributed by atoms with Gasteiger partial charge in [0.2, 0.25) is 5.82 Å². The van der Waals surface area contributed by atoms with E-state index < -0.39 is 12.1 Å². The van der Waals surface area contributed by atoms with Crippen molar-refractivity contribution in [1.82, 2.24) is 25.1 Å². The summed E-state index contributed by atoms with van der Waals surface area (Å²) >= 11 is 0. The summed E-state index contributed by atoms with van der Waals surface area (Å²) in [5.41, 5.74) is 3.73. The monoisotopic (exact) mass is 509 g/mol. The fourth-order valence-corrected chi connectivity index (χ4v) is 3.66. The van der Waals surface area contributed by atoms with Gasteiger partial charge in [0.05, 0.1) is 0 Å². The fourth-order valence-electron chi connectivity index (χ4n) is 3.66. The number of anilines is 2. The van der Waals surface area contributed by atoms with Crippen LogP contribution in [0.3, 0.4) is 0 Å². The standard InChI is InChI=1S/C23H21N7.C2HF3O2/c1-2-6-18(7-3-1)21-23(26-22(28-27-21)20-8-4-5-11-25-20)30-16-14-29(15-17-30)19-9-12-24-13-10-19;3-2(4,5)1(6)7/h1-13H,14-17H2;(H,6,7). The van der Waals surface area contributed by atoms with Gasteiger partial charge >= 0.3 is 12.1 Å². The van der Waals surface area contributed by atoms with Gasteiger partial charge in [-0.1, -0.05) is 36.4 Å². The predicted octanol–water partition coefficient (Wildman–Crippen LogP) is 3.96. The number of aliphatic carboxylic acids is 1. The van der Waals surface area contributed by atoms with Crippen molar-refractivity contribution in [2.45, 2.75) is 6.18 Å². The number of piperazine rings is 1. The molecule has 1 saturated heterocycles. The molecular weight excluding hydrogens is 487 g/mol. The lowest BCUT2D eigenvalue weighted by Gasteiger charge is -2.37. The molecule has 3 aromatic heterocycles. The molecule has 37 heavy (non-hydrogen) atoms. The van der Waals surface area contributed by atoms with Crippen molar-refractivity contribution in [2.75, 3.05) is 36.0 Å². The van der Waals surface area contributed by atoms with Crippen molar-refractivity contribution in [3.05, 3.63) is 79.3 Å². The zero-order valence-corrected chi connectivity index (χ0v) is 19.5. The van der Waals surface area contributed by atoms with Crippen LogP contribution in [0.5, 0.6) is 0 Å². The van der Waals surface area contributed by atoms with E-state index in [4.69, 9.17) is 14.9 Å². The molecule has 1 aliphatic rings. The number of hydrogen-bond donors (Lipinski definition) is 1. The smallest absolute Gasteiger partial charge is 0.475 e. The summed E-state index contributed by atoms with van der Waals surface area (Å²) in [7, 11) is 0. The second kappa shape index (κ2) is 11.4. The van der Waals surface area contributed by atoms with Gasteiger partial charge < -0.3 is 14.9 Å². The molecule has 190 valence electrons. The van der Waals surface area contributed by atoms with Crippen LogP contribution < -0.4 is 9.80 Å². The van der Waals surface area contributed by atoms with Gasteiger partial charge in [-0.05, 0) is 24.3 Å². The second-order valence-electron chi connectivity index (χ2n) is 7.87. The Labute approximate surface area is 210 Å². The summed E-state index contributed by atoms with van der Waals surface area (Å²) in [4.78, 5) is 27.0. The number of rotatable bonds is 4. The molecule has 0 atom stereocenters. The fraction of sp³-hybridized carbons (Fsp3) is 0.200. The van der Waals surface area contributed by atoms with Crippen molar-refractivity contribution in [2.24, 2.45) is 0 Å². The maximum Gasteiger partial charge on any atom is 0.490 e. The number of aromatic nitrogens is 5. The Bertz CT molecular complexity index is 1300. The second-order valence-corrected chi connectivity index (χ2v) is 7.87. The van der Waals surface area contributed by atoms with Crippen LogP contribution in [-0.2, 0) is 4.79 Å². The number of carboxylic acids is 1. The zero-order chi connectivity index (χ0) is 26.3. The molecule has 4 aromatic rings. The Morgan fingerprint density at radius 1 is 0.811 bits per heavy atom. The van der Waals surface area contributed by atoms with Gasteiger partial charge in [-0.25, -0.2) is 9.78 Å². The molecule has 0 aliphatic carbocycles. The van der Waals surface area contributed by atoms with Crippen LogP contribution in [0.2, 0.25) is 0 Å². The first-order chi connectivity index (χ1) is 17.8. The zero-order valence-electron chi connectivity index (χ0n) is 19.5. The summed E-state index contributed by atoms with van der Waals surface area (Å²) in [5.74, 6) is -1.36. The Kier molecular flexibility index (Phi) is 7.86. The molecule has 12 heteroatoms. The quantitative estimate of drug-likeness (QED) is 0.437. The van der Waals surface area contributed by atoms with Crippen LogP contribution in [0.25, 0.3) is 22.8 Å². The molecule has 1 aliphatic heterocycles. The van der Waals surface area contributed by atoms with Crippen LogP contribution in [0, 0.1) is 0 Å². The average Bonchev–Trinajstić information content (AvgIpc) is 2.94. The third kappa shape index (κ3) is 6.54. The minimum absolute atomic E-state index is 0.543. The number of alkyl halides is 3. The normalized spacial score (nSPS) is 13.5. The van der Waals surface area contributed by atoms with Crippen LogP contribution >= 0.6 is 0 Å². The number of carbonyl (C=O) groups is 1. The Balaban J connectivity index is 0.000000405. The Morgan fingerprint density at radius 2 is 1.43 bits per heavy atom. The molecule has 1 aromatic carbocycles. The van der Waals surface area contributed by atoms with E-state index in [1.54, 1.807) is 6.20 Å². The van der Waals surface area contributed by atoms with E-state index in [0.29, 0.717) is 5.82 Å². The highest BCUT2D eigenvalue weighted by Gasteiger charge is 2.38. The van der Waals surface area contributed by atoms with Gasteiger partial charge in [-0.2, -0.15) is 13.2 Å². The average molecular weight is 509 g/mol. The predicted molar refractivity (Wildman–Crippen MR) is 131 cm³/mol. The summed E-state index contributed by atoms with van der Waals surface area (Å²) in [6, 6.07) is 19.9. The third-order valence-electron chi connectivity index (χ3n) is 5.46. The molecule has 4 heterocycles. The van der Waals surface area contributed by atoms with E-state index in [0.717, 1.165) is 48.9 Å². The highest BCUT2D eigenvalue weighted by molar-refractivity contribution is 5.74. The van der Waals surface area contributed by atoms with Crippen molar-refractivity contribution < 1.29 is 23.1 Å². The minimum Gasteiger partial charge on any atom is -0.475 e. The van der Waals surface area contributed by atoms with Gasteiger partial charge in [0, 0.05) is 56.0 Å². The number of benzene rings is 1. The van der Waals surface area contributed by atoms with Crippen molar-refractivity contribution in [1.29, 1.82) is 0 Å². The first-order valence-electron chi connectivity index (χ1n) is 11.2. The third-order valence-corrected chi connectivity index (χ3v) is 5.46. The molecule has 0 amide bonds. The lowest BCUT2D eigenvalue weighted by molar-refractivity contribution is -0.192. The van der Waals surface area contributed by atoms with E-state index >= 15 is 0 Å². The van der Waals surface area contributed by atoms with Crippen LogP contribution in [-0.4, -0.2) is 68.6 Å².